The average Bonchev–Trinajstić information content (AvgIpc) is 2.66. The van der Waals surface area contributed by atoms with Crippen molar-refractivity contribution < 1.29 is 4.79 Å². The molecule has 0 saturated carbocycles. The van der Waals surface area contributed by atoms with Crippen molar-refractivity contribution in [3.05, 3.63) is 8.66 Å². The van der Waals surface area contributed by atoms with E-state index in [1.54, 1.807) is 11.3 Å². The van der Waals surface area contributed by atoms with Gasteiger partial charge in [-0.3, -0.25) is 4.79 Å². The van der Waals surface area contributed by atoms with Crippen LogP contribution in [0.2, 0.25) is 0 Å². The van der Waals surface area contributed by atoms with Crippen molar-refractivity contribution in [3.63, 3.8) is 0 Å². The van der Waals surface area contributed by atoms with Crippen molar-refractivity contribution in [2.45, 2.75) is 50.3 Å². The van der Waals surface area contributed by atoms with Crippen LogP contribution >= 0.6 is 50.8 Å². The normalized spacial score (nSPS) is 11.6. The van der Waals surface area contributed by atoms with Crippen molar-refractivity contribution in [1.82, 2.24) is 0 Å². The van der Waals surface area contributed by atoms with Crippen LogP contribution in [0, 0.1) is 11.8 Å². The fraction of sp³-hybridized carbons (Fsp3) is 0.667. The molecule has 0 bridgehead atoms. The summed E-state index contributed by atoms with van der Waals surface area (Å²) in [5.74, 6) is 3.63. The fourth-order valence-corrected chi connectivity index (χ4v) is 6.80. The molecule has 1 aromatic rings. The Morgan fingerprint density at radius 1 is 1.05 bits per heavy atom. The highest BCUT2D eigenvalue weighted by Gasteiger charge is 2.17. The van der Waals surface area contributed by atoms with E-state index in [-0.39, 0.29) is 0 Å². The van der Waals surface area contributed by atoms with E-state index in [1.807, 2.05) is 23.5 Å². The number of hydrogen-bond donors (Lipinski definition) is 0. The van der Waals surface area contributed by atoms with E-state index in [4.69, 9.17) is 0 Å². The number of aldehydes is 1. The molecule has 0 aliphatic carbocycles. The zero-order chi connectivity index (χ0) is 15.1. The quantitative estimate of drug-likeness (QED) is 0.346. The molecule has 0 fully saturated rings. The van der Waals surface area contributed by atoms with Crippen LogP contribution in [0.3, 0.4) is 0 Å². The molecule has 1 aromatic heterocycles. The number of carbonyl (C=O) groups is 1. The SMILES string of the molecule is CC(C)CCSc1c(Br)sc(C=O)c1SCCC(C)C. The maximum atomic E-state index is 11.2. The van der Waals surface area contributed by atoms with Crippen LogP contribution in [-0.2, 0) is 0 Å². The van der Waals surface area contributed by atoms with Crippen LogP contribution in [-0.4, -0.2) is 17.8 Å². The average molecular weight is 395 g/mol. The Morgan fingerprint density at radius 3 is 2.00 bits per heavy atom. The van der Waals surface area contributed by atoms with Crippen LogP contribution in [0.5, 0.6) is 0 Å². The summed E-state index contributed by atoms with van der Waals surface area (Å²) in [5, 5.41) is 0. The zero-order valence-corrected chi connectivity index (χ0v) is 16.6. The number of hydrogen-bond acceptors (Lipinski definition) is 4. The molecule has 0 atom stereocenters. The predicted octanol–water partition coefficient (Wildman–Crippen LogP) is 6.60. The summed E-state index contributed by atoms with van der Waals surface area (Å²) >= 11 is 8.90. The van der Waals surface area contributed by atoms with E-state index in [1.165, 1.54) is 22.6 Å². The van der Waals surface area contributed by atoms with Crippen LogP contribution in [0.1, 0.15) is 50.2 Å². The Morgan fingerprint density at radius 2 is 1.55 bits per heavy atom. The van der Waals surface area contributed by atoms with E-state index in [0.717, 1.165) is 32.4 Å². The Labute approximate surface area is 143 Å². The van der Waals surface area contributed by atoms with Gasteiger partial charge in [0.05, 0.1) is 8.66 Å². The maximum absolute atomic E-state index is 11.2. The van der Waals surface area contributed by atoms with Gasteiger partial charge in [0.1, 0.15) is 0 Å². The molecule has 1 heterocycles. The Balaban J connectivity index is 2.74. The maximum Gasteiger partial charge on any atom is 0.161 e. The lowest BCUT2D eigenvalue weighted by atomic mass is 10.2. The lowest BCUT2D eigenvalue weighted by molar-refractivity contribution is 0.112. The Kier molecular flexibility index (Phi) is 8.87. The molecule has 0 aliphatic heterocycles. The molecule has 0 spiro atoms. The molecule has 0 saturated heterocycles. The van der Waals surface area contributed by atoms with Gasteiger partial charge < -0.3 is 0 Å². The lowest BCUT2D eigenvalue weighted by Gasteiger charge is -2.08. The largest absolute Gasteiger partial charge is 0.297 e. The minimum Gasteiger partial charge on any atom is -0.297 e. The minimum absolute atomic E-state index is 0.710. The van der Waals surface area contributed by atoms with Crippen molar-refractivity contribution in [3.8, 4) is 0 Å². The molecule has 0 amide bonds. The van der Waals surface area contributed by atoms with Gasteiger partial charge in [-0.1, -0.05) is 27.7 Å². The van der Waals surface area contributed by atoms with E-state index in [2.05, 4.69) is 43.6 Å². The summed E-state index contributed by atoms with van der Waals surface area (Å²) < 4.78 is 1.11. The number of thiophene rings is 1. The Hall–Kier alpha value is 0.550. The third kappa shape index (κ3) is 6.12. The van der Waals surface area contributed by atoms with Crippen LogP contribution in [0.4, 0.5) is 0 Å². The van der Waals surface area contributed by atoms with Crippen molar-refractivity contribution in [2.24, 2.45) is 11.8 Å². The second-order valence-electron chi connectivity index (χ2n) is 5.58. The molecule has 0 radical (unpaired) electrons. The monoisotopic (exact) mass is 394 g/mol. The van der Waals surface area contributed by atoms with E-state index in [0.29, 0.717) is 5.92 Å². The third-order valence-electron chi connectivity index (χ3n) is 2.80. The molecular weight excluding hydrogens is 372 g/mol. The molecule has 0 unspecified atom stereocenters. The number of thioether (sulfide) groups is 2. The molecule has 0 aliphatic rings. The topological polar surface area (TPSA) is 17.1 Å². The fourth-order valence-electron chi connectivity index (χ4n) is 1.52. The summed E-state index contributed by atoms with van der Waals surface area (Å²) in [5.41, 5.74) is 0. The first kappa shape index (κ1) is 18.6. The number of rotatable bonds is 9. The van der Waals surface area contributed by atoms with Gasteiger partial charge in [-0.05, 0) is 52.1 Å². The molecule has 5 heteroatoms. The standard InChI is InChI=1S/C15H23BrOS3/c1-10(2)5-7-18-13-12(9-17)20-15(16)14(13)19-8-6-11(3)4/h9-11H,5-8H2,1-4H3. The van der Waals surface area contributed by atoms with Gasteiger partial charge in [-0.25, -0.2) is 0 Å². The van der Waals surface area contributed by atoms with Crippen molar-refractivity contribution >= 4 is 57.1 Å². The van der Waals surface area contributed by atoms with Crippen molar-refractivity contribution in [1.29, 1.82) is 0 Å². The van der Waals surface area contributed by atoms with Crippen LogP contribution in [0.15, 0.2) is 13.6 Å². The Bertz CT molecular complexity index is 427. The second kappa shape index (κ2) is 9.54. The summed E-state index contributed by atoms with van der Waals surface area (Å²) in [7, 11) is 0. The number of carbonyl (C=O) groups excluding carboxylic acids is 1. The van der Waals surface area contributed by atoms with Gasteiger partial charge in [-0.15, -0.1) is 34.9 Å². The summed E-state index contributed by atoms with van der Waals surface area (Å²) in [6, 6.07) is 0. The highest BCUT2D eigenvalue weighted by molar-refractivity contribution is 9.11. The van der Waals surface area contributed by atoms with Crippen LogP contribution in [0.25, 0.3) is 0 Å². The zero-order valence-electron chi connectivity index (χ0n) is 12.6. The second-order valence-corrected chi connectivity index (χ2v) is 10.2. The molecule has 0 N–H and O–H groups in total. The van der Waals surface area contributed by atoms with E-state index >= 15 is 0 Å². The smallest absolute Gasteiger partial charge is 0.161 e. The van der Waals surface area contributed by atoms with Gasteiger partial charge in [0, 0.05) is 9.79 Å². The minimum atomic E-state index is 0.710. The molecule has 1 rings (SSSR count). The highest BCUT2D eigenvalue weighted by Crippen LogP contribution is 2.45. The van der Waals surface area contributed by atoms with Crippen LogP contribution < -0.4 is 0 Å². The lowest BCUT2D eigenvalue weighted by Crippen LogP contribution is -1.92. The van der Waals surface area contributed by atoms with Gasteiger partial charge in [0.25, 0.3) is 0 Å². The van der Waals surface area contributed by atoms with E-state index < -0.39 is 0 Å². The first-order valence-electron chi connectivity index (χ1n) is 6.98. The predicted molar refractivity (Wildman–Crippen MR) is 97.8 cm³/mol. The van der Waals surface area contributed by atoms with Gasteiger partial charge in [0.15, 0.2) is 6.29 Å². The molecule has 114 valence electrons. The van der Waals surface area contributed by atoms with Gasteiger partial charge in [-0.2, -0.15) is 0 Å². The summed E-state index contributed by atoms with van der Waals surface area (Å²) in [6.45, 7) is 8.97. The summed E-state index contributed by atoms with van der Waals surface area (Å²) in [6.07, 6.45) is 3.39. The van der Waals surface area contributed by atoms with Crippen molar-refractivity contribution in [2.75, 3.05) is 11.5 Å². The van der Waals surface area contributed by atoms with Gasteiger partial charge in [0.2, 0.25) is 0 Å². The molecule has 1 nitrogen and oxygen atoms in total. The highest BCUT2D eigenvalue weighted by atomic mass is 79.9. The molecular formula is C15H23BrOS3. The first-order chi connectivity index (χ1) is 9.45. The number of halogens is 1. The third-order valence-corrected chi connectivity index (χ3v) is 7.52. The molecule has 20 heavy (non-hydrogen) atoms. The van der Waals surface area contributed by atoms with E-state index in [9.17, 15) is 4.79 Å². The van der Waals surface area contributed by atoms with Gasteiger partial charge >= 0.3 is 0 Å². The summed E-state index contributed by atoms with van der Waals surface area (Å²) in [4.78, 5) is 14.6. The first-order valence-corrected chi connectivity index (χ1v) is 10.6. The molecule has 0 aromatic carbocycles.